The third kappa shape index (κ3) is 5.87. The van der Waals surface area contributed by atoms with E-state index in [4.69, 9.17) is 11.6 Å². The minimum absolute atomic E-state index is 0.0578. The molecule has 1 atom stereocenters. The van der Waals surface area contributed by atoms with Crippen LogP contribution in [0, 0.1) is 5.92 Å². The zero-order valence-electron chi connectivity index (χ0n) is 10.7. The first kappa shape index (κ1) is 15.5. The van der Waals surface area contributed by atoms with Crippen LogP contribution in [0.4, 0.5) is 0 Å². The molecule has 0 saturated heterocycles. The van der Waals surface area contributed by atoms with Crippen LogP contribution in [0.15, 0.2) is 24.3 Å². The smallest absolute Gasteiger partial charge is 0.224 e. The van der Waals surface area contributed by atoms with Crippen LogP contribution in [-0.4, -0.2) is 17.3 Å². The normalized spacial score (nSPS) is 12.5. The van der Waals surface area contributed by atoms with E-state index in [2.05, 4.69) is 35.1 Å². The molecule has 0 heterocycles. The molecule has 0 saturated carbocycles. The molecule has 2 nitrogen and oxygen atoms in total. The van der Waals surface area contributed by atoms with E-state index in [0.29, 0.717) is 17.4 Å². The van der Waals surface area contributed by atoms with E-state index in [1.54, 1.807) is 12.1 Å². The quantitative estimate of drug-likeness (QED) is 0.789. The first-order valence-corrected chi connectivity index (χ1v) is 7.61. The molecule has 0 radical (unpaired) electrons. The van der Waals surface area contributed by atoms with Gasteiger partial charge in [0, 0.05) is 16.4 Å². The molecule has 0 fully saturated rings. The second-order valence-electron chi connectivity index (χ2n) is 4.85. The Morgan fingerprint density at radius 2 is 1.94 bits per heavy atom. The van der Waals surface area contributed by atoms with E-state index in [0.717, 1.165) is 17.3 Å². The molecule has 0 spiro atoms. The van der Waals surface area contributed by atoms with Gasteiger partial charge in [0.25, 0.3) is 0 Å². The lowest BCUT2D eigenvalue weighted by atomic mass is 10.0. The molecular weight excluding hydrogens is 314 g/mol. The van der Waals surface area contributed by atoms with Gasteiger partial charge in [-0.05, 0) is 30.0 Å². The summed E-state index contributed by atoms with van der Waals surface area (Å²) >= 11 is 9.24. The Kier molecular flexibility index (Phi) is 6.72. The maximum atomic E-state index is 11.9. The highest BCUT2D eigenvalue weighted by Crippen LogP contribution is 2.11. The van der Waals surface area contributed by atoms with Gasteiger partial charge in [-0.3, -0.25) is 4.79 Å². The maximum Gasteiger partial charge on any atom is 0.224 e. The minimum Gasteiger partial charge on any atom is -0.352 e. The van der Waals surface area contributed by atoms with Crippen molar-refractivity contribution >= 4 is 33.4 Å². The Balaban J connectivity index is 2.47. The van der Waals surface area contributed by atoms with Crippen LogP contribution in [0.2, 0.25) is 5.02 Å². The van der Waals surface area contributed by atoms with Crippen LogP contribution in [0.1, 0.15) is 25.8 Å². The monoisotopic (exact) mass is 331 g/mol. The second kappa shape index (κ2) is 7.80. The molecule has 1 rings (SSSR count). The Hall–Kier alpha value is -0.540. The van der Waals surface area contributed by atoms with Gasteiger partial charge >= 0.3 is 0 Å². The largest absolute Gasteiger partial charge is 0.352 e. The van der Waals surface area contributed by atoms with Crippen molar-refractivity contribution in [2.24, 2.45) is 5.92 Å². The summed E-state index contributed by atoms with van der Waals surface area (Å²) in [6.07, 6.45) is 1.39. The number of carbonyl (C=O) groups is 1. The lowest BCUT2D eigenvalue weighted by molar-refractivity contribution is -0.121. The molecule has 0 aromatic heterocycles. The van der Waals surface area contributed by atoms with Crippen LogP contribution >= 0.6 is 27.5 Å². The molecule has 1 aromatic carbocycles. The van der Waals surface area contributed by atoms with Gasteiger partial charge in [-0.15, -0.1) is 0 Å². The molecule has 4 heteroatoms. The zero-order valence-corrected chi connectivity index (χ0v) is 13.1. The van der Waals surface area contributed by atoms with E-state index in [1.807, 2.05) is 12.1 Å². The third-order valence-electron chi connectivity index (χ3n) is 2.59. The number of amides is 1. The molecule has 100 valence electrons. The van der Waals surface area contributed by atoms with E-state index in [9.17, 15) is 4.79 Å². The van der Waals surface area contributed by atoms with Crippen LogP contribution in [-0.2, 0) is 11.2 Å². The van der Waals surface area contributed by atoms with E-state index >= 15 is 0 Å². The topological polar surface area (TPSA) is 29.1 Å². The Bertz CT molecular complexity index is 378. The maximum absolute atomic E-state index is 11.9. The van der Waals surface area contributed by atoms with Crippen molar-refractivity contribution in [2.45, 2.75) is 32.7 Å². The van der Waals surface area contributed by atoms with E-state index in [1.165, 1.54) is 0 Å². The summed E-state index contributed by atoms with van der Waals surface area (Å²) in [6.45, 7) is 4.31. The fourth-order valence-corrected chi connectivity index (χ4v) is 2.35. The first-order chi connectivity index (χ1) is 8.51. The summed E-state index contributed by atoms with van der Waals surface area (Å²) in [5, 5.41) is 4.52. The predicted octanol–water partition coefficient (Wildman–Crippen LogP) is 3.81. The van der Waals surface area contributed by atoms with Gasteiger partial charge in [0.05, 0.1) is 6.42 Å². The van der Waals surface area contributed by atoms with Crippen molar-refractivity contribution < 1.29 is 4.79 Å². The average Bonchev–Trinajstić information content (AvgIpc) is 2.30. The fraction of sp³-hybridized carbons (Fsp3) is 0.500. The van der Waals surface area contributed by atoms with Gasteiger partial charge in [0.1, 0.15) is 0 Å². The zero-order chi connectivity index (χ0) is 13.5. The Morgan fingerprint density at radius 3 is 2.44 bits per heavy atom. The summed E-state index contributed by atoms with van der Waals surface area (Å²) in [7, 11) is 0. The van der Waals surface area contributed by atoms with Crippen LogP contribution in [0.25, 0.3) is 0 Å². The molecule has 1 aromatic rings. The Morgan fingerprint density at radius 1 is 1.33 bits per heavy atom. The molecule has 0 aliphatic carbocycles. The summed E-state index contributed by atoms with van der Waals surface area (Å²) in [6, 6.07) is 7.58. The fourth-order valence-electron chi connectivity index (χ4n) is 1.80. The van der Waals surface area contributed by atoms with E-state index < -0.39 is 0 Å². The van der Waals surface area contributed by atoms with E-state index in [-0.39, 0.29) is 11.9 Å². The number of hydrogen-bond acceptors (Lipinski definition) is 1. The number of hydrogen-bond donors (Lipinski definition) is 1. The highest BCUT2D eigenvalue weighted by Gasteiger charge is 2.12. The molecule has 1 amide bonds. The van der Waals surface area contributed by atoms with Crippen molar-refractivity contribution in [3.8, 4) is 0 Å². The van der Waals surface area contributed by atoms with Gasteiger partial charge in [0.15, 0.2) is 0 Å². The number of rotatable bonds is 6. The summed E-state index contributed by atoms with van der Waals surface area (Å²) in [4.78, 5) is 11.9. The van der Waals surface area contributed by atoms with Gasteiger partial charge < -0.3 is 5.32 Å². The molecular formula is C14H19BrClNO. The predicted molar refractivity (Wildman–Crippen MR) is 80.3 cm³/mol. The van der Waals surface area contributed by atoms with Crippen molar-refractivity contribution in [3.05, 3.63) is 34.9 Å². The standard InChI is InChI=1S/C14H19BrClNO/c1-10(2)7-13(9-15)17-14(18)8-11-3-5-12(16)6-4-11/h3-6,10,13H,7-9H2,1-2H3,(H,17,18). The molecule has 0 aliphatic rings. The van der Waals surface area contributed by atoms with Crippen molar-refractivity contribution in [1.29, 1.82) is 0 Å². The molecule has 1 N–H and O–H groups in total. The van der Waals surface area contributed by atoms with Crippen molar-refractivity contribution in [1.82, 2.24) is 5.32 Å². The number of halogens is 2. The van der Waals surface area contributed by atoms with Gasteiger partial charge in [-0.2, -0.15) is 0 Å². The number of alkyl halides is 1. The number of benzene rings is 1. The summed E-state index contributed by atoms with van der Waals surface area (Å²) in [5.74, 6) is 0.630. The van der Waals surface area contributed by atoms with Crippen LogP contribution in [0.5, 0.6) is 0 Å². The SMILES string of the molecule is CC(C)CC(CBr)NC(=O)Cc1ccc(Cl)cc1. The number of carbonyl (C=O) groups excluding carboxylic acids is 1. The average molecular weight is 333 g/mol. The van der Waals surface area contributed by atoms with Crippen molar-refractivity contribution in [2.75, 3.05) is 5.33 Å². The van der Waals surface area contributed by atoms with Gasteiger partial charge in [0.2, 0.25) is 5.91 Å². The Labute approximate surface area is 122 Å². The summed E-state index contributed by atoms with van der Waals surface area (Å²) < 4.78 is 0. The minimum atomic E-state index is 0.0578. The highest BCUT2D eigenvalue weighted by molar-refractivity contribution is 9.09. The van der Waals surface area contributed by atoms with Crippen LogP contribution in [0.3, 0.4) is 0 Å². The first-order valence-electron chi connectivity index (χ1n) is 6.11. The molecule has 18 heavy (non-hydrogen) atoms. The van der Waals surface area contributed by atoms with Gasteiger partial charge in [-0.1, -0.05) is 53.5 Å². The molecule has 0 aliphatic heterocycles. The molecule has 0 bridgehead atoms. The lowest BCUT2D eigenvalue weighted by Gasteiger charge is -2.18. The van der Waals surface area contributed by atoms with Gasteiger partial charge in [-0.25, -0.2) is 0 Å². The summed E-state index contributed by atoms with van der Waals surface area (Å²) in [5.41, 5.74) is 0.981. The van der Waals surface area contributed by atoms with Crippen molar-refractivity contribution in [3.63, 3.8) is 0 Å². The highest BCUT2D eigenvalue weighted by atomic mass is 79.9. The second-order valence-corrected chi connectivity index (χ2v) is 5.94. The lowest BCUT2D eigenvalue weighted by Crippen LogP contribution is -2.37. The number of nitrogens with one attached hydrogen (secondary N) is 1. The third-order valence-corrected chi connectivity index (χ3v) is 3.62. The van der Waals surface area contributed by atoms with Crippen LogP contribution < -0.4 is 5.32 Å². The molecule has 1 unspecified atom stereocenters.